The number of aromatic nitrogens is 2. The first kappa shape index (κ1) is 11.7. The lowest BCUT2D eigenvalue weighted by Crippen LogP contribution is -2.13. The van der Waals surface area contributed by atoms with Crippen molar-refractivity contribution in [3.05, 3.63) is 29.1 Å². The third-order valence-corrected chi connectivity index (χ3v) is 4.18. The van der Waals surface area contributed by atoms with Crippen LogP contribution in [0.5, 0.6) is 0 Å². The maximum absolute atomic E-state index is 5.38. The largest absolute Gasteiger partial charge is 0.377 e. The first-order valence-corrected chi connectivity index (χ1v) is 6.85. The fourth-order valence-corrected chi connectivity index (χ4v) is 3.03. The molecule has 0 amide bonds. The van der Waals surface area contributed by atoms with Crippen molar-refractivity contribution in [2.45, 2.75) is 32.6 Å². The van der Waals surface area contributed by atoms with E-state index >= 15 is 0 Å². The van der Waals surface area contributed by atoms with Gasteiger partial charge < -0.3 is 4.74 Å². The Morgan fingerprint density at radius 2 is 2.39 bits per heavy atom. The quantitative estimate of drug-likeness (QED) is 0.866. The maximum atomic E-state index is 5.38. The van der Waals surface area contributed by atoms with Gasteiger partial charge in [0.05, 0.1) is 24.6 Å². The van der Waals surface area contributed by atoms with Crippen LogP contribution in [-0.4, -0.2) is 23.4 Å². The minimum absolute atomic E-state index is 0.549. The summed E-state index contributed by atoms with van der Waals surface area (Å²) in [7, 11) is 0. The Bertz CT molecular complexity index is 499. The number of rotatable bonds is 2. The minimum Gasteiger partial charge on any atom is -0.377 e. The monoisotopic (exact) mass is 244 g/mol. The van der Waals surface area contributed by atoms with Crippen LogP contribution in [0, 0.1) is 5.92 Å². The van der Waals surface area contributed by atoms with Crippen LogP contribution >= 0.6 is 0 Å². The molecule has 1 aromatic rings. The van der Waals surface area contributed by atoms with Crippen molar-refractivity contribution < 1.29 is 4.74 Å². The van der Waals surface area contributed by atoms with Crippen molar-refractivity contribution in [1.82, 2.24) is 10.2 Å². The highest BCUT2D eigenvalue weighted by atomic mass is 16.5. The van der Waals surface area contributed by atoms with E-state index in [-0.39, 0.29) is 0 Å². The Hall–Kier alpha value is -1.35. The van der Waals surface area contributed by atoms with Gasteiger partial charge in [0, 0.05) is 5.56 Å². The summed E-state index contributed by atoms with van der Waals surface area (Å²) in [5.41, 5.74) is 5.10. The second-order valence-electron chi connectivity index (χ2n) is 5.17. The van der Waals surface area contributed by atoms with E-state index in [0.29, 0.717) is 11.8 Å². The molecule has 0 saturated heterocycles. The molecule has 3 heteroatoms. The number of hydrogen-bond acceptors (Lipinski definition) is 2. The number of H-pyrrole nitrogens is 1. The summed E-state index contributed by atoms with van der Waals surface area (Å²) in [6.45, 7) is 6.10. The first-order chi connectivity index (χ1) is 8.81. The van der Waals surface area contributed by atoms with Gasteiger partial charge in [-0.25, -0.2) is 0 Å². The van der Waals surface area contributed by atoms with Crippen LogP contribution in [0.25, 0.3) is 11.6 Å². The van der Waals surface area contributed by atoms with E-state index in [1.807, 2.05) is 0 Å². The van der Waals surface area contributed by atoms with Gasteiger partial charge in [0.25, 0.3) is 0 Å². The van der Waals surface area contributed by atoms with Gasteiger partial charge >= 0.3 is 0 Å². The van der Waals surface area contributed by atoms with Gasteiger partial charge in [0.2, 0.25) is 0 Å². The van der Waals surface area contributed by atoms with E-state index in [1.165, 1.54) is 28.9 Å². The van der Waals surface area contributed by atoms with Crippen molar-refractivity contribution in [3.8, 4) is 0 Å². The van der Waals surface area contributed by atoms with Crippen LogP contribution in [0.4, 0.5) is 0 Å². The molecule has 0 radical (unpaired) electrons. The van der Waals surface area contributed by atoms with Crippen molar-refractivity contribution >= 4 is 11.6 Å². The van der Waals surface area contributed by atoms with Crippen LogP contribution in [0.1, 0.15) is 49.6 Å². The van der Waals surface area contributed by atoms with Gasteiger partial charge in [-0.15, -0.1) is 0 Å². The van der Waals surface area contributed by atoms with E-state index in [2.05, 4.69) is 42.3 Å². The van der Waals surface area contributed by atoms with Crippen LogP contribution in [0.15, 0.2) is 12.2 Å². The maximum Gasteiger partial charge on any atom is 0.0920 e. The molecule has 1 aliphatic heterocycles. The molecule has 2 atom stereocenters. The Kier molecular flexibility index (Phi) is 3.08. The molecule has 1 aromatic heterocycles. The normalized spacial score (nSPS) is 26.9. The molecule has 0 bridgehead atoms. The van der Waals surface area contributed by atoms with Gasteiger partial charge in [-0.2, -0.15) is 5.10 Å². The number of allylic oxidation sites excluding steroid dienone is 1. The summed E-state index contributed by atoms with van der Waals surface area (Å²) in [5.74, 6) is 1.18. The van der Waals surface area contributed by atoms with Crippen LogP contribution in [-0.2, 0) is 4.74 Å². The molecule has 0 fully saturated rings. The highest BCUT2D eigenvalue weighted by molar-refractivity contribution is 5.71. The second kappa shape index (κ2) is 4.73. The molecular weight excluding hydrogens is 224 g/mol. The molecule has 3 rings (SSSR count). The summed E-state index contributed by atoms with van der Waals surface area (Å²) in [5, 5.41) is 7.72. The average Bonchev–Trinajstić information content (AvgIpc) is 2.85. The molecular formula is C15H20N2O. The van der Waals surface area contributed by atoms with Gasteiger partial charge in [-0.3, -0.25) is 5.10 Å². The third-order valence-electron chi connectivity index (χ3n) is 4.18. The van der Waals surface area contributed by atoms with Crippen molar-refractivity contribution in [2.75, 3.05) is 13.2 Å². The van der Waals surface area contributed by atoms with E-state index in [0.717, 1.165) is 19.6 Å². The number of nitrogens with one attached hydrogen (secondary N) is 1. The fraction of sp³-hybridized carbons (Fsp3) is 0.533. The molecule has 1 aliphatic carbocycles. The molecule has 2 aliphatic rings. The zero-order valence-corrected chi connectivity index (χ0v) is 11.1. The van der Waals surface area contributed by atoms with Crippen LogP contribution in [0.3, 0.4) is 0 Å². The van der Waals surface area contributed by atoms with Gasteiger partial charge in [0.1, 0.15) is 0 Å². The topological polar surface area (TPSA) is 37.9 Å². The first-order valence-electron chi connectivity index (χ1n) is 6.85. The summed E-state index contributed by atoms with van der Waals surface area (Å²) >= 11 is 0. The summed E-state index contributed by atoms with van der Waals surface area (Å²) in [6.07, 6.45) is 8.84. The predicted molar refractivity (Wildman–Crippen MR) is 73.2 cm³/mol. The minimum atomic E-state index is 0.549. The molecule has 3 nitrogen and oxygen atoms in total. The number of aromatic amines is 1. The predicted octanol–water partition coefficient (Wildman–Crippen LogP) is 3.37. The molecule has 96 valence electrons. The Labute approximate surface area is 108 Å². The number of nitrogens with zero attached hydrogens (tertiary/aromatic N) is 1. The van der Waals surface area contributed by atoms with Crippen molar-refractivity contribution in [3.63, 3.8) is 0 Å². The van der Waals surface area contributed by atoms with E-state index in [1.54, 1.807) is 0 Å². The molecule has 0 spiro atoms. The Balaban J connectivity index is 2.02. The van der Waals surface area contributed by atoms with Crippen LogP contribution in [0.2, 0.25) is 0 Å². The Morgan fingerprint density at radius 3 is 3.11 bits per heavy atom. The van der Waals surface area contributed by atoms with E-state index in [9.17, 15) is 0 Å². The lowest BCUT2D eigenvalue weighted by Gasteiger charge is -2.25. The lowest BCUT2D eigenvalue weighted by atomic mass is 9.79. The molecule has 1 N–H and O–H groups in total. The standard InChI is InChI=1S/C15H20N2O/c1-3-11-4-5-13-14(10(11)2)15(17-16-13)12-6-8-18-9-7-12/h4-6,10-11H,3,7-9H2,1-2H3,(H,16,17)/t10-,11?/m1/s1. The number of ether oxygens (including phenoxy) is 1. The molecule has 0 aromatic carbocycles. The number of fused-ring (bicyclic) bond motifs is 1. The molecule has 0 saturated carbocycles. The molecule has 18 heavy (non-hydrogen) atoms. The summed E-state index contributed by atoms with van der Waals surface area (Å²) in [4.78, 5) is 0. The van der Waals surface area contributed by atoms with E-state index in [4.69, 9.17) is 4.74 Å². The fourth-order valence-electron chi connectivity index (χ4n) is 3.03. The smallest absolute Gasteiger partial charge is 0.0920 e. The lowest BCUT2D eigenvalue weighted by molar-refractivity contribution is 0.161. The van der Waals surface area contributed by atoms with Gasteiger partial charge in [-0.1, -0.05) is 26.0 Å². The SMILES string of the molecule is CCC1C=Cc2[nH]nc(C3=CCOCC3)c2[C@@H]1C. The van der Waals surface area contributed by atoms with Gasteiger partial charge in [-0.05, 0) is 36.3 Å². The summed E-state index contributed by atoms with van der Waals surface area (Å²) in [6, 6.07) is 0. The summed E-state index contributed by atoms with van der Waals surface area (Å²) < 4.78 is 5.38. The average molecular weight is 244 g/mol. The van der Waals surface area contributed by atoms with Crippen molar-refractivity contribution in [2.24, 2.45) is 5.92 Å². The third kappa shape index (κ3) is 1.83. The van der Waals surface area contributed by atoms with Crippen molar-refractivity contribution in [1.29, 1.82) is 0 Å². The van der Waals surface area contributed by atoms with Gasteiger partial charge in [0.15, 0.2) is 0 Å². The van der Waals surface area contributed by atoms with Crippen LogP contribution < -0.4 is 0 Å². The highest BCUT2D eigenvalue weighted by Crippen LogP contribution is 2.39. The molecule has 1 unspecified atom stereocenters. The zero-order chi connectivity index (χ0) is 12.5. The number of hydrogen-bond donors (Lipinski definition) is 1. The molecule has 2 heterocycles. The second-order valence-corrected chi connectivity index (χ2v) is 5.17. The zero-order valence-electron chi connectivity index (χ0n) is 11.1. The van der Waals surface area contributed by atoms with E-state index < -0.39 is 0 Å². The highest BCUT2D eigenvalue weighted by Gasteiger charge is 2.27. The Morgan fingerprint density at radius 1 is 1.50 bits per heavy atom.